The van der Waals surface area contributed by atoms with Crippen LogP contribution in [0.25, 0.3) is 0 Å². The number of phenols is 1. The number of hydrogen-bond acceptors (Lipinski definition) is 3. The number of rotatable bonds is 4. The molecule has 0 saturated carbocycles. The van der Waals surface area contributed by atoms with E-state index in [-0.39, 0.29) is 5.91 Å². The van der Waals surface area contributed by atoms with Gasteiger partial charge in [0.15, 0.2) is 0 Å². The maximum atomic E-state index is 11.0. The zero-order valence-corrected chi connectivity index (χ0v) is 11.6. The van der Waals surface area contributed by atoms with Crippen LogP contribution in [-0.2, 0) is 11.3 Å². The molecule has 4 nitrogen and oxygen atoms in total. The molecular formula is C16H18N2O2. The number of benzene rings is 2. The van der Waals surface area contributed by atoms with Crippen LogP contribution in [0.2, 0.25) is 0 Å². The molecule has 0 unspecified atom stereocenters. The molecule has 0 fully saturated rings. The lowest BCUT2D eigenvalue weighted by Crippen LogP contribution is -2.06. The highest BCUT2D eigenvalue weighted by Gasteiger charge is 2.03. The Morgan fingerprint density at radius 2 is 1.85 bits per heavy atom. The van der Waals surface area contributed by atoms with Crippen molar-refractivity contribution in [1.29, 1.82) is 0 Å². The van der Waals surface area contributed by atoms with Crippen molar-refractivity contribution in [2.75, 3.05) is 10.6 Å². The molecule has 20 heavy (non-hydrogen) atoms. The van der Waals surface area contributed by atoms with Gasteiger partial charge in [-0.15, -0.1) is 0 Å². The highest BCUT2D eigenvalue weighted by atomic mass is 16.3. The van der Waals surface area contributed by atoms with Crippen molar-refractivity contribution in [3.63, 3.8) is 0 Å². The summed E-state index contributed by atoms with van der Waals surface area (Å²) in [6.45, 7) is 3.87. The number of aryl methyl sites for hydroxylation is 1. The summed E-state index contributed by atoms with van der Waals surface area (Å²) in [5.41, 5.74) is 3.33. The third-order valence-electron chi connectivity index (χ3n) is 2.99. The van der Waals surface area contributed by atoms with Gasteiger partial charge in [0.05, 0.1) is 0 Å². The van der Waals surface area contributed by atoms with E-state index in [4.69, 9.17) is 0 Å². The van der Waals surface area contributed by atoms with E-state index in [0.29, 0.717) is 12.3 Å². The maximum Gasteiger partial charge on any atom is 0.221 e. The van der Waals surface area contributed by atoms with Crippen molar-refractivity contribution in [2.45, 2.75) is 20.4 Å². The molecule has 2 aromatic carbocycles. The first-order valence-electron chi connectivity index (χ1n) is 6.45. The van der Waals surface area contributed by atoms with Gasteiger partial charge in [0, 0.05) is 30.4 Å². The minimum absolute atomic E-state index is 0.0986. The lowest BCUT2D eigenvalue weighted by Gasteiger charge is -2.11. The van der Waals surface area contributed by atoms with Gasteiger partial charge in [-0.3, -0.25) is 4.79 Å². The quantitative estimate of drug-likeness (QED) is 0.799. The molecule has 104 valence electrons. The standard InChI is InChI=1S/C16H18N2O2/c1-11-5-3-6-13(16(11)20)10-17-14-7-4-8-15(9-14)18-12(2)19/h3-9,17,20H,10H2,1-2H3,(H,18,19). The van der Waals surface area contributed by atoms with E-state index in [2.05, 4.69) is 10.6 Å². The molecule has 0 bridgehead atoms. The number of carbonyl (C=O) groups is 1. The van der Waals surface area contributed by atoms with Gasteiger partial charge in [-0.1, -0.05) is 24.3 Å². The van der Waals surface area contributed by atoms with Crippen molar-refractivity contribution in [3.8, 4) is 5.75 Å². The molecule has 0 saturated heterocycles. The van der Waals surface area contributed by atoms with Gasteiger partial charge in [0.1, 0.15) is 5.75 Å². The summed E-state index contributed by atoms with van der Waals surface area (Å²) >= 11 is 0. The Labute approximate surface area is 118 Å². The Kier molecular flexibility index (Phi) is 4.25. The number of hydrogen-bond donors (Lipinski definition) is 3. The van der Waals surface area contributed by atoms with Crippen LogP contribution in [0.3, 0.4) is 0 Å². The molecule has 3 N–H and O–H groups in total. The largest absolute Gasteiger partial charge is 0.507 e. The van der Waals surface area contributed by atoms with Crippen molar-refractivity contribution < 1.29 is 9.90 Å². The summed E-state index contributed by atoms with van der Waals surface area (Å²) in [5.74, 6) is 0.219. The van der Waals surface area contributed by atoms with Crippen molar-refractivity contribution in [2.24, 2.45) is 0 Å². The Morgan fingerprint density at radius 3 is 2.60 bits per heavy atom. The van der Waals surface area contributed by atoms with E-state index < -0.39 is 0 Å². The molecule has 0 spiro atoms. The minimum Gasteiger partial charge on any atom is -0.507 e. The van der Waals surface area contributed by atoms with Gasteiger partial charge < -0.3 is 15.7 Å². The third kappa shape index (κ3) is 3.51. The normalized spacial score (nSPS) is 10.1. The molecule has 0 aliphatic heterocycles. The van der Waals surface area contributed by atoms with Crippen LogP contribution in [0, 0.1) is 6.92 Å². The summed E-state index contributed by atoms with van der Waals surface area (Å²) in [5, 5.41) is 15.9. The number of anilines is 2. The van der Waals surface area contributed by atoms with Gasteiger partial charge in [-0.2, -0.15) is 0 Å². The van der Waals surface area contributed by atoms with Gasteiger partial charge >= 0.3 is 0 Å². The number of carbonyl (C=O) groups excluding carboxylic acids is 1. The second-order valence-electron chi connectivity index (χ2n) is 4.70. The van der Waals surface area contributed by atoms with Crippen molar-refractivity contribution in [1.82, 2.24) is 0 Å². The summed E-state index contributed by atoms with van der Waals surface area (Å²) < 4.78 is 0. The van der Waals surface area contributed by atoms with Crippen LogP contribution in [0.15, 0.2) is 42.5 Å². The highest BCUT2D eigenvalue weighted by molar-refractivity contribution is 5.89. The molecular weight excluding hydrogens is 252 g/mol. The van der Waals surface area contributed by atoms with Crippen LogP contribution in [0.1, 0.15) is 18.1 Å². The molecule has 0 atom stereocenters. The molecule has 2 aromatic rings. The summed E-state index contributed by atoms with van der Waals surface area (Å²) in [6, 6.07) is 13.1. The average Bonchev–Trinajstić information content (AvgIpc) is 2.40. The van der Waals surface area contributed by atoms with Gasteiger partial charge in [-0.05, 0) is 30.7 Å². The topological polar surface area (TPSA) is 61.4 Å². The van der Waals surface area contributed by atoms with Gasteiger partial charge in [-0.25, -0.2) is 0 Å². The van der Waals surface area contributed by atoms with Crippen LogP contribution >= 0.6 is 0 Å². The predicted molar refractivity (Wildman–Crippen MR) is 80.9 cm³/mol. The predicted octanol–water partition coefficient (Wildman–Crippen LogP) is 3.27. The van der Waals surface area contributed by atoms with Crippen molar-refractivity contribution >= 4 is 17.3 Å². The molecule has 4 heteroatoms. The first-order valence-corrected chi connectivity index (χ1v) is 6.45. The first-order chi connectivity index (χ1) is 9.56. The fourth-order valence-corrected chi connectivity index (χ4v) is 1.97. The second-order valence-corrected chi connectivity index (χ2v) is 4.70. The monoisotopic (exact) mass is 270 g/mol. The summed E-state index contributed by atoms with van der Waals surface area (Å²) in [4.78, 5) is 11.0. The minimum atomic E-state index is -0.0986. The average molecular weight is 270 g/mol. The van der Waals surface area contributed by atoms with Crippen LogP contribution in [0.4, 0.5) is 11.4 Å². The van der Waals surface area contributed by atoms with E-state index in [1.165, 1.54) is 6.92 Å². The maximum absolute atomic E-state index is 11.0. The zero-order valence-electron chi connectivity index (χ0n) is 11.6. The molecule has 2 rings (SSSR count). The molecule has 0 aliphatic rings. The Balaban J connectivity index is 2.07. The SMILES string of the molecule is CC(=O)Nc1cccc(NCc2cccc(C)c2O)c1. The highest BCUT2D eigenvalue weighted by Crippen LogP contribution is 2.23. The van der Waals surface area contributed by atoms with Gasteiger partial charge in [0.25, 0.3) is 0 Å². The van der Waals surface area contributed by atoms with E-state index in [9.17, 15) is 9.90 Å². The van der Waals surface area contributed by atoms with Crippen LogP contribution in [-0.4, -0.2) is 11.0 Å². The van der Waals surface area contributed by atoms with Crippen LogP contribution < -0.4 is 10.6 Å². The summed E-state index contributed by atoms with van der Waals surface area (Å²) in [6.07, 6.45) is 0. The fourth-order valence-electron chi connectivity index (χ4n) is 1.97. The lowest BCUT2D eigenvalue weighted by atomic mass is 10.1. The number of nitrogens with one attached hydrogen (secondary N) is 2. The second kappa shape index (κ2) is 6.10. The Hall–Kier alpha value is -2.49. The fraction of sp³-hybridized carbons (Fsp3) is 0.188. The smallest absolute Gasteiger partial charge is 0.221 e. The van der Waals surface area contributed by atoms with Crippen LogP contribution in [0.5, 0.6) is 5.75 Å². The molecule has 0 aliphatic carbocycles. The van der Waals surface area contributed by atoms with E-state index >= 15 is 0 Å². The van der Waals surface area contributed by atoms with E-state index in [0.717, 1.165) is 22.5 Å². The molecule has 0 heterocycles. The Bertz CT molecular complexity index is 624. The molecule has 1 amide bonds. The van der Waals surface area contributed by atoms with Crippen molar-refractivity contribution in [3.05, 3.63) is 53.6 Å². The summed E-state index contributed by atoms with van der Waals surface area (Å²) in [7, 11) is 0. The number of aromatic hydroxyl groups is 1. The van der Waals surface area contributed by atoms with E-state index in [1.807, 2.05) is 49.4 Å². The third-order valence-corrected chi connectivity index (χ3v) is 2.99. The van der Waals surface area contributed by atoms with Gasteiger partial charge in [0.2, 0.25) is 5.91 Å². The molecule has 0 aromatic heterocycles. The first kappa shape index (κ1) is 13.9. The Morgan fingerprint density at radius 1 is 1.15 bits per heavy atom. The lowest BCUT2D eigenvalue weighted by molar-refractivity contribution is -0.114. The van der Waals surface area contributed by atoms with E-state index in [1.54, 1.807) is 0 Å². The number of phenolic OH excluding ortho intramolecular Hbond substituents is 1. The molecule has 0 radical (unpaired) electrons. The zero-order chi connectivity index (χ0) is 14.5. The number of para-hydroxylation sites is 1. The number of amides is 1.